The third-order valence-electron chi connectivity index (χ3n) is 6.42. The van der Waals surface area contributed by atoms with Gasteiger partial charge in [0.25, 0.3) is 10.0 Å². The van der Waals surface area contributed by atoms with Crippen molar-refractivity contribution in [3.63, 3.8) is 0 Å². The fraction of sp³-hybridized carbons (Fsp3) is 0.333. The molecule has 0 radical (unpaired) electrons. The molecule has 1 atom stereocenters. The molecule has 0 saturated heterocycles. The lowest BCUT2D eigenvalue weighted by atomic mass is 10.1. The molecule has 0 fully saturated rings. The van der Waals surface area contributed by atoms with Gasteiger partial charge in [-0.05, 0) is 73.9 Å². The van der Waals surface area contributed by atoms with Crippen molar-refractivity contribution >= 4 is 27.5 Å². The van der Waals surface area contributed by atoms with Crippen molar-refractivity contribution < 1.29 is 27.1 Å². The zero-order valence-electron chi connectivity index (χ0n) is 23.3. The number of ether oxygens (including phenoxy) is 1. The van der Waals surface area contributed by atoms with Gasteiger partial charge in [0.1, 0.15) is 24.2 Å². The van der Waals surface area contributed by atoms with Crippen molar-refractivity contribution in [1.29, 1.82) is 0 Å². The number of aryl methyl sites for hydroxylation is 1. The van der Waals surface area contributed by atoms with Crippen molar-refractivity contribution in [3.8, 4) is 5.75 Å². The number of benzene rings is 3. The summed E-state index contributed by atoms with van der Waals surface area (Å²) >= 11 is 0. The maximum atomic E-state index is 14.0. The van der Waals surface area contributed by atoms with Crippen molar-refractivity contribution in [1.82, 2.24) is 10.2 Å². The molecule has 10 heteroatoms. The van der Waals surface area contributed by atoms with E-state index in [1.54, 1.807) is 49.4 Å². The van der Waals surface area contributed by atoms with Crippen molar-refractivity contribution in [2.45, 2.75) is 51.1 Å². The number of methoxy groups -OCH3 is 1. The highest BCUT2D eigenvalue weighted by molar-refractivity contribution is 7.92. The van der Waals surface area contributed by atoms with Crippen LogP contribution < -0.4 is 14.4 Å². The molecule has 40 heavy (non-hydrogen) atoms. The molecule has 3 aromatic carbocycles. The maximum Gasteiger partial charge on any atom is 0.264 e. The molecule has 0 unspecified atom stereocenters. The van der Waals surface area contributed by atoms with Gasteiger partial charge in [-0.3, -0.25) is 13.9 Å². The van der Waals surface area contributed by atoms with Crippen LogP contribution in [0.15, 0.2) is 77.7 Å². The molecule has 0 heterocycles. The van der Waals surface area contributed by atoms with Gasteiger partial charge >= 0.3 is 0 Å². The second-order valence-corrected chi connectivity index (χ2v) is 11.3. The summed E-state index contributed by atoms with van der Waals surface area (Å²) in [5.41, 5.74) is 1.90. The normalized spacial score (nSPS) is 11.9. The summed E-state index contributed by atoms with van der Waals surface area (Å²) in [5.74, 6) is -0.865. The zero-order valence-corrected chi connectivity index (χ0v) is 24.1. The number of carbonyl (C=O) groups excluding carboxylic acids is 2. The van der Waals surface area contributed by atoms with Crippen LogP contribution in [-0.2, 0) is 26.2 Å². The molecule has 0 aliphatic heterocycles. The Bertz CT molecular complexity index is 1400. The number of carbonyl (C=O) groups is 2. The standard InChI is InChI=1S/C30H36FN3O5S/c1-5-18-32-30(36)28(6-2)33(20-23-8-7-9-26(19-23)39-4)29(35)21-34(25-14-10-22(3)11-15-25)40(37,38)27-16-12-24(31)13-17-27/h7-17,19,28H,5-6,18,20-21H2,1-4H3,(H,32,36)/t28-/m0/s1. The van der Waals surface area contributed by atoms with Crippen LogP contribution in [0.1, 0.15) is 37.8 Å². The minimum atomic E-state index is -4.26. The number of amides is 2. The van der Waals surface area contributed by atoms with E-state index in [1.165, 1.54) is 12.0 Å². The molecule has 3 aromatic rings. The quantitative estimate of drug-likeness (QED) is 0.323. The monoisotopic (exact) mass is 569 g/mol. The van der Waals surface area contributed by atoms with Crippen LogP contribution in [-0.4, -0.2) is 51.4 Å². The molecule has 0 aliphatic carbocycles. The molecule has 0 saturated carbocycles. The molecule has 1 N–H and O–H groups in total. The Hall–Kier alpha value is -3.92. The summed E-state index contributed by atoms with van der Waals surface area (Å²) in [4.78, 5) is 28.4. The van der Waals surface area contributed by atoms with Crippen molar-refractivity contribution in [3.05, 3.63) is 89.7 Å². The van der Waals surface area contributed by atoms with Gasteiger partial charge in [0.2, 0.25) is 11.8 Å². The number of nitrogens with one attached hydrogen (secondary N) is 1. The summed E-state index contributed by atoms with van der Waals surface area (Å²) in [6.45, 7) is 5.54. The predicted molar refractivity (Wildman–Crippen MR) is 153 cm³/mol. The molecular formula is C30H36FN3O5S. The third-order valence-corrected chi connectivity index (χ3v) is 8.21. The van der Waals surface area contributed by atoms with Crippen molar-refractivity contribution in [2.24, 2.45) is 0 Å². The van der Waals surface area contributed by atoms with E-state index >= 15 is 0 Å². The highest BCUT2D eigenvalue weighted by atomic mass is 32.2. The summed E-state index contributed by atoms with van der Waals surface area (Å²) < 4.78 is 47.5. The zero-order chi connectivity index (χ0) is 29.3. The van der Waals surface area contributed by atoms with Gasteiger partial charge < -0.3 is 15.0 Å². The fourth-order valence-corrected chi connectivity index (χ4v) is 5.64. The number of hydrogen-bond acceptors (Lipinski definition) is 5. The molecule has 8 nitrogen and oxygen atoms in total. The lowest BCUT2D eigenvalue weighted by Gasteiger charge is -2.33. The number of hydrogen-bond donors (Lipinski definition) is 1. The minimum absolute atomic E-state index is 0.0619. The smallest absolute Gasteiger partial charge is 0.264 e. The SMILES string of the molecule is CCCNC(=O)[C@H](CC)N(Cc1cccc(OC)c1)C(=O)CN(c1ccc(C)cc1)S(=O)(=O)c1ccc(F)cc1. The van der Waals surface area contributed by atoms with Gasteiger partial charge in [-0.15, -0.1) is 0 Å². The average molecular weight is 570 g/mol. The van der Waals surface area contributed by atoms with Gasteiger partial charge in [0.15, 0.2) is 0 Å². The van der Waals surface area contributed by atoms with Crippen LogP contribution in [0, 0.1) is 12.7 Å². The lowest BCUT2D eigenvalue weighted by Crippen LogP contribution is -2.52. The van der Waals surface area contributed by atoms with E-state index in [9.17, 15) is 22.4 Å². The van der Waals surface area contributed by atoms with E-state index in [4.69, 9.17) is 4.74 Å². The van der Waals surface area contributed by atoms with Gasteiger partial charge in [0.05, 0.1) is 17.7 Å². The number of nitrogens with zero attached hydrogens (tertiary/aromatic N) is 2. The Morgan fingerprint density at radius 2 is 1.68 bits per heavy atom. The Morgan fingerprint density at radius 1 is 1.00 bits per heavy atom. The van der Waals surface area contributed by atoms with E-state index in [-0.39, 0.29) is 23.0 Å². The van der Waals surface area contributed by atoms with E-state index in [0.29, 0.717) is 18.7 Å². The molecule has 0 bridgehead atoms. The molecule has 0 spiro atoms. The van der Waals surface area contributed by atoms with E-state index in [2.05, 4.69) is 5.32 Å². The first-order valence-corrected chi connectivity index (χ1v) is 14.6. The van der Waals surface area contributed by atoms with Gasteiger partial charge in [-0.1, -0.05) is 43.7 Å². The summed E-state index contributed by atoms with van der Waals surface area (Å²) in [7, 11) is -2.73. The van der Waals surface area contributed by atoms with Crippen LogP contribution >= 0.6 is 0 Å². The topological polar surface area (TPSA) is 96.0 Å². The van der Waals surface area contributed by atoms with Crippen molar-refractivity contribution in [2.75, 3.05) is 24.5 Å². The fourth-order valence-electron chi connectivity index (χ4n) is 4.23. The van der Waals surface area contributed by atoms with E-state index in [0.717, 1.165) is 46.1 Å². The third kappa shape index (κ3) is 7.59. The first-order chi connectivity index (χ1) is 19.1. The average Bonchev–Trinajstić information content (AvgIpc) is 2.95. The highest BCUT2D eigenvalue weighted by Gasteiger charge is 2.33. The highest BCUT2D eigenvalue weighted by Crippen LogP contribution is 2.26. The number of rotatable bonds is 13. The number of anilines is 1. The molecule has 214 valence electrons. The Morgan fingerprint density at radius 3 is 2.27 bits per heavy atom. The second-order valence-electron chi connectivity index (χ2n) is 9.39. The lowest BCUT2D eigenvalue weighted by molar-refractivity contribution is -0.140. The Labute approximate surface area is 235 Å². The summed E-state index contributed by atoms with van der Waals surface area (Å²) in [6, 6.07) is 17.5. The largest absolute Gasteiger partial charge is 0.497 e. The minimum Gasteiger partial charge on any atom is -0.497 e. The molecular weight excluding hydrogens is 533 g/mol. The van der Waals surface area contributed by atoms with Crippen LogP contribution in [0.2, 0.25) is 0 Å². The van der Waals surface area contributed by atoms with Crippen LogP contribution in [0.5, 0.6) is 5.75 Å². The summed E-state index contributed by atoms with van der Waals surface area (Å²) in [6.07, 6.45) is 1.05. The predicted octanol–water partition coefficient (Wildman–Crippen LogP) is 4.67. The number of halogens is 1. The maximum absolute atomic E-state index is 14.0. The second kappa shape index (κ2) is 13.9. The van der Waals surface area contributed by atoms with Crippen LogP contribution in [0.25, 0.3) is 0 Å². The van der Waals surface area contributed by atoms with E-state index < -0.39 is 34.3 Å². The van der Waals surface area contributed by atoms with E-state index in [1.807, 2.05) is 19.9 Å². The summed E-state index contributed by atoms with van der Waals surface area (Å²) in [5, 5.41) is 2.85. The van der Waals surface area contributed by atoms with Gasteiger partial charge in [-0.25, -0.2) is 12.8 Å². The Kier molecular flexibility index (Phi) is 10.7. The first kappa shape index (κ1) is 30.6. The van der Waals surface area contributed by atoms with Crippen LogP contribution in [0.3, 0.4) is 0 Å². The molecule has 0 aromatic heterocycles. The molecule has 2 amide bonds. The number of sulfonamides is 1. The first-order valence-electron chi connectivity index (χ1n) is 13.2. The van der Waals surface area contributed by atoms with Gasteiger partial charge in [0, 0.05) is 13.1 Å². The molecule has 0 aliphatic rings. The Balaban J connectivity index is 2.05. The molecule has 3 rings (SSSR count). The van der Waals surface area contributed by atoms with Gasteiger partial charge in [-0.2, -0.15) is 0 Å². The van der Waals surface area contributed by atoms with Crippen LogP contribution in [0.4, 0.5) is 10.1 Å².